The molecule has 0 amide bonds. The molecular weight excluding hydrogens is 362 g/mol. The molecule has 0 spiro atoms. The summed E-state index contributed by atoms with van der Waals surface area (Å²) < 4.78 is 35.0. The highest BCUT2D eigenvalue weighted by Crippen LogP contribution is 2.38. The zero-order valence-corrected chi connectivity index (χ0v) is 11.5. The maximum atomic E-state index is 12.1. The van der Waals surface area contributed by atoms with Gasteiger partial charge in [0.05, 0.1) is 6.26 Å². The van der Waals surface area contributed by atoms with Crippen molar-refractivity contribution in [3.8, 4) is 17.1 Å². The normalized spacial score (nSPS) is 10.9. The third-order valence-electron chi connectivity index (χ3n) is 2.01. The van der Waals surface area contributed by atoms with E-state index < -0.39 is 6.61 Å². The lowest BCUT2D eigenvalue weighted by molar-refractivity contribution is -0.0499. The minimum Gasteiger partial charge on any atom is -0.464 e. The highest BCUT2D eigenvalue weighted by atomic mass is 79.9. The van der Waals surface area contributed by atoms with E-state index in [1.807, 2.05) is 0 Å². The number of furan rings is 1. The SMILES string of the molecule is FC(F)Oc1cc(Br)c(-c2ccco2)c(Br)c1. The first-order chi connectivity index (χ1) is 8.08. The van der Waals surface area contributed by atoms with Crippen molar-refractivity contribution in [3.05, 3.63) is 39.5 Å². The van der Waals surface area contributed by atoms with Crippen LogP contribution in [-0.4, -0.2) is 6.61 Å². The Bertz CT molecular complexity index is 489. The molecule has 17 heavy (non-hydrogen) atoms. The van der Waals surface area contributed by atoms with Gasteiger partial charge in [-0.2, -0.15) is 8.78 Å². The number of hydrogen-bond acceptors (Lipinski definition) is 2. The topological polar surface area (TPSA) is 22.4 Å². The maximum absolute atomic E-state index is 12.1. The standard InChI is InChI=1S/C11H6Br2F2O2/c12-7-4-6(17-11(14)15)5-8(13)10(7)9-2-1-3-16-9/h1-5,11H. The van der Waals surface area contributed by atoms with Crippen molar-refractivity contribution in [2.75, 3.05) is 0 Å². The van der Waals surface area contributed by atoms with Crippen LogP contribution in [0.4, 0.5) is 8.78 Å². The van der Waals surface area contributed by atoms with Crippen LogP contribution in [0.5, 0.6) is 5.75 Å². The van der Waals surface area contributed by atoms with Gasteiger partial charge in [-0.25, -0.2) is 0 Å². The number of ether oxygens (including phenoxy) is 1. The van der Waals surface area contributed by atoms with Crippen LogP contribution in [0.3, 0.4) is 0 Å². The summed E-state index contributed by atoms with van der Waals surface area (Å²) in [5, 5.41) is 0. The largest absolute Gasteiger partial charge is 0.464 e. The van der Waals surface area contributed by atoms with Crippen molar-refractivity contribution in [1.82, 2.24) is 0 Å². The monoisotopic (exact) mass is 366 g/mol. The molecule has 0 aliphatic carbocycles. The van der Waals surface area contributed by atoms with Crippen LogP contribution in [0.2, 0.25) is 0 Å². The highest BCUT2D eigenvalue weighted by molar-refractivity contribution is 9.11. The summed E-state index contributed by atoms with van der Waals surface area (Å²) in [6.45, 7) is -2.84. The van der Waals surface area contributed by atoms with Crippen LogP contribution in [0.25, 0.3) is 11.3 Å². The van der Waals surface area contributed by atoms with E-state index in [-0.39, 0.29) is 5.75 Å². The molecule has 0 fully saturated rings. The number of halogens is 4. The molecule has 2 nitrogen and oxygen atoms in total. The summed E-state index contributed by atoms with van der Waals surface area (Å²) in [6.07, 6.45) is 1.54. The van der Waals surface area contributed by atoms with Gasteiger partial charge >= 0.3 is 6.61 Å². The van der Waals surface area contributed by atoms with E-state index in [1.54, 1.807) is 12.1 Å². The molecule has 0 saturated carbocycles. The lowest BCUT2D eigenvalue weighted by Gasteiger charge is -2.09. The Hall–Kier alpha value is -0.880. The number of rotatable bonds is 3. The number of benzene rings is 1. The van der Waals surface area contributed by atoms with Crippen molar-refractivity contribution < 1.29 is 17.9 Å². The summed E-state index contributed by atoms with van der Waals surface area (Å²) in [5.41, 5.74) is 0.747. The lowest BCUT2D eigenvalue weighted by Crippen LogP contribution is -2.02. The molecule has 90 valence electrons. The molecule has 0 atom stereocenters. The van der Waals surface area contributed by atoms with Gasteiger partial charge in [0, 0.05) is 14.5 Å². The van der Waals surface area contributed by atoms with Gasteiger partial charge in [0.25, 0.3) is 0 Å². The van der Waals surface area contributed by atoms with Gasteiger partial charge in [-0.05, 0) is 56.1 Å². The Balaban J connectivity index is 2.43. The first-order valence-electron chi connectivity index (χ1n) is 4.55. The molecule has 2 rings (SSSR count). The molecule has 1 aromatic carbocycles. The molecule has 1 aromatic heterocycles. The van der Waals surface area contributed by atoms with E-state index in [0.29, 0.717) is 14.7 Å². The van der Waals surface area contributed by atoms with E-state index in [9.17, 15) is 8.78 Å². The van der Waals surface area contributed by atoms with Crippen molar-refractivity contribution in [3.63, 3.8) is 0 Å². The zero-order valence-electron chi connectivity index (χ0n) is 8.29. The zero-order chi connectivity index (χ0) is 12.4. The van der Waals surface area contributed by atoms with Crippen LogP contribution >= 0.6 is 31.9 Å². The fourth-order valence-corrected chi connectivity index (χ4v) is 2.91. The van der Waals surface area contributed by atoms with Crippen LogP contribution in [0.15, 0.2) is 43.9 Å². The van der Waals surface area contributed by atoms with E-state index in [1.165, 1.54) is 18.4 Å². The van der Waals surface area contributed by atoms with E-state index >= 15 is 0 Å². The first kappa shape index (κ1) is 12.6. The molecule has 0 saturated heterocycles. The Morgan fingerprint density at radius 3 is 2.29 bits per heavy atom. The minimum atomic E-state index is -2.84. The average Bonchev–Trinajstić information content (AvgIpc) is 2.68. The predicted octanol–water partition coefficient (Wildman–Crippen LogP) is 5.07. The molecule has 2 aromatic rings. The second kappa shape index (κ2) is 5.18. The second-order valence-electron chi connectivity index (χ2n) is 3.12. The van der Waals surface area contributed by atoms with Gasteiger partial charge in [0.15, 0.2) is 0 Å². The van der Waals surface area contributed by atoms with Crippen molar-refractivity contribution >= 4 is 31.9 Å². The highest BCUT2D eigenvalue weighted by Gasteiger charge is 2.14. The molecule has 0 unspecified atom stereocenters. The van der Waals surface area contributed by atoms with Crippen molar-refractivity contribution in [2.45, 2.75) is 6.61 Å². The average molecular weight is 368 g/mol. The van der Waals surface area contributed by atoms with Gasteiger partial charge in [-0.3, -0.25) is 0 Å². The summed E-state index contributed by atoms with van der Waals surface area (Å²) in [5.74, 6) is 0.710. The first-order valence-corrected chi connectivity index (χ1v) is 6.14. The lowest BCUT2D eigenvalue weighted by atomic mass is 10.2. The van der Waals surface area contributed by atoms with E-state index in [2.05, 4.69) is 36.6 Å². The molecular formula is C11H6Br2F2O2. The van der Waals surface area contributed by atoms with Crippen LogP contribution in [0.1, 0.15) is 0 Å². The van der Waals surface area contributed by atoms with Gasteiger partial charge in [0.2, 0.25) is 0 Å². The Morgan fingerprint density at radius 1 is 1.18 bits per heavy atom. The fraction of sp³-hybridized carbons (Fsp3) is 0.0909. The molecule has 0 aliphatic heterocycles. The summed E-state index contributed by atoms with van der Waals surface area (Å²) >= 11 is 6.59. The second-order valence-corrected chi connectivity index (χ2v) is 4.83. The van der Waals surface area contributed by atoms with E-state index in [4.69, 9.17) is 4.42 Å². The summed E-state index contributed by atoms with van der Waals surface area (Å²) in [4.78, 5) is 0. The molecule has 6 heteroatoms. The Kier molecular flexibility index (Phi) is 3.83. The smallest absolute Gasteiger partial charge is 0.387 e. The van der Waals surface area contributed by atoms with Crippen LogP contribution in [0, 0.1) is 0 Å². The van der Waals surface area contributed by atoms with Crippen LogP contribution in [-0.2, 0) is 0 Å². The van der Waals surface area contributed by atoms with Gasteiger partial charge < -0.3 is 9.15 Å². The third kappa shape index (κ3) is 2.87. The van der Waals surface area contributed by atoms with Crippen molar-refractivity contribution in [1.29, 1.82) is 0 Å². The fourth-order valence-electron chi connectivity index (χ4n) is 1.38. The van der Waals surface area contributed by atoms with Crippen LogP contribution < -0.4 is 4.74 Å². The number of alkyl halides is 2. The predicted molar refractivity (Wildman–Crippen MR) is 66.2 cm³/mol. The van der Waals surface area contributed by atoms with Crippen molar-refractivity contribution in [2.24, 2.45) is 0 Å². The van der Waals surface area contributed by atoms with Gasteiger partial charge in [-0.1, -0.05) is 0 Å². The molecule has 1 heterocycles. The van der Waals surface area contributed by atoms with E-state index in [0.717, 1.165) is 5.56 Å². The Labute approximate surface area is 113 Å². The summed E-state index contributed by atoms with van der Waals surface area (Å²) in [7, 11) is 0. The maximum Gasteiger partial charge on any atom is 0.387 e. The van der Waals surface area contributed by atoms with Gasteiger partial charge in [-0.15, -0.1) is 0 Å². The molecule has 0 N–H and O–H groups in total. The third-order valence-corrected chi connectivity index (χ3v) is 3.26. The quantitative estimate of drug-likeness (QED) is 0.755. The van der Waals surface area contributed by atoms with Gasteiger partial charge in [0.1, 0.15) is 11.5 Å². The minimum absolute atomic E-state index is 0.0778. The molecule has 0 bridgehead atoms. The summed E-state index contributed by atoms with van der Waals surface area (Å²) in [6, 6.07) is 6.46. The molecule has 0 radical (unpaired) electrons. The molecule has 0 aliphatic rings. The number of hydrogen-bond donors (Lipinski definition) is 0. The Morgan fingerprint density at radius 2 is 1.82 bits per heavy atom.